The fourth-order valence-electron chi connectivity index (χ4n) is 4.48. The lowest BCUT2D eigenvalue weighted by atomic mass is 9.98. The summed E-state index contributed by atoms with van der Waals surface area (Å²) in [4.78, 5) is 26.3. The summed E-state index contributed by atoms with van der Waals surface area (Å²) in [6, 6.07) is 14.6. The van der Waals surface area contributed by atoms with Crippen LogP contribution in [-0.2, 0) is 9.53 Å². The van der Waals surface area contributed by atoms with Gasteiger partial charge in [0.25, 0.3) is 0 Å². The van der Waals surface area contributed by atoms with Crippen molar-refractivity contribution in [3.63, 3.8) is 0 Å². The van der Waals surface area contributed by atoms with Gasteiger partial charge in [-0.25, -0.2) is 9.97 Å². The number of amides is 1. The van der Waals surface area contributed by atoms with Crippen LogP contribution in [0.15, 0.2) is 72.6 Å². The molecule has 8 heteroatoms. The number of carbonyl (C=O) groups is 1. The van der Waals surface area contributed by atoms with Crippen molar-refractivity contribution >= 4 is 34.1 Å². The number of ether oxygens (including phenoxy) is 1. The van der Waals surface area contributed by atoms with Crippen LogP contribution in [0.25, 0.3) is 10.9 Å². The van der Waals surface area contributed by atoms with Gasteiger partial charge in [0.1, 0.15) is 0 Å². The van der Waals surface area contributed by atoms with E-state index in [4.69, 9.17) is 9.72 Å². The van der Waals surface area contributed by atoms with E-state index in [0.717, 1.165) is 54.0 Å². The van der Waals surface area contributed by atoms with Crippen LogP contribution in [0.1, 0.15) is 32.3 Å². The molecule has 1 aromatic heterocycles. The van der Waals surface area contributed by atoms with Crippen LogP contribution >= 0.6 is 0 Å². The SMILES string of the molecule is COC/C(=C\C=C/C(C)c1cccc2cnc(Nc3ccc(N4CCN(C)CC4)cc3)nc12)NC(=O)C(C)C. The Morgan fingerprint density at radius 1 is 1.08 bits per heavy atom. The van der Waals surface area contributed by atoms with E-state index in [9.17, 15) is 4.79 Å². The number of hydrogen-bond donors (Lipinski definition) is 2. The predicted molar refractivity (Wildman–Crippen MR) is 159 cm³/mol. The van der Waals surface area contributed by atoms with Crippen LogP contribution in [0.2, 0.25) is 0 Å². The van der Waals surface area contributed by atoms with Gasteiger partial charge in [0.15, 0.2) is 0 Å². The number of piperazine rings is 1. The molecule has 39 heavy (non-hydrogen) atoms. The predicted octanol–water partition coefficient (Wildman–Crippen LogP) is 5.09. The maximum absolute atomic E-state index is 12.1. The molecule has 1 amide bonds. The Kier molecular flexibility index (Phi) is 9.68. The summed E-state index contributed by atoms with van der Waals surface area (Å²) in [5.41, 5.74) is 4.94. The van der Waals surface area contributed by atoms with Crippen molar-refractivity contribution in [3.8, 4) is 0 Å². The fourth-order valence-corrected chi connectivity index (χ4v) is 4.48. The standard InChI is InChI=1S/C31H40N6O2/c1-22(2)30(38)33-26(21-39-5)10-6-8-23(3)28-11-7-9-24-20-32-31(35-29(24)28)34-25-12-14-27(15-13-25)37-18-16-36(4)17-19-37/h6-15,20,22-23H,16-19,21H2,1-5H3,(H,33,38)(H,32,34,35)/b8-6-,26-10+. The number of allylic oxidation sites excluding steroid dienone is 3. The largest absolute Gasteiger partial charge is 0.378 e. The van der Waals surface area contributed by atoms with Crippen molar-refractivity contribution in [1.29, 1.82) is 0 Å². The van der Waals surface area contributed by atoms with Crippen molar-refractivity contribution in [1.82, 2.24) is 20.2 Å². The zero-order chi connectivity index (χ0) is 27.8. The minimum Gasteiger partial charge on any atom is -0.378 e. The molecule has 1 aliphatic heterocycles. The third kappa shape index (κ3) is 7.65. The zero-order valence-corrected chi connectivity index (χ0v) is 23.6. The van der Waals surface area contributed by atoms with Crippen molar-refractivity contribution < 1.29 is 9.53 Å². The molecule has 1 atom stereocenters. The smallest absolute Gasteiger partial charge is 0.227 e. The molecule has 0 saturated carbocycles. The Hall–Kier alpha value is -3.75. The summed E-state index contributed by atoms with van der Waals surface area (Å²) in [5, 5.41) is 7.28. The second-order valence-corrected chi connectivity index (χ2v) is 10.4. The summed E-state index contributed by atoms with van der Waals surface area (Å²) < 4.78 is 5.24. The van der Waals surface area contributed by atoms with Gasteiger partial charge >= 0.3 is 0 Å². The number of methoxy groups -OCH3 is 1. The number of carbonyl (C=O) groups excluding carboxylic acids is 1. The van der Waals surface area contributed by atoms with Crippen LogP contribution < -0.4 is 15.5 Å². The van der Waals surface area contributed by atoms with Crippen molar-refractivity contribution in [2.24, 2.45) is 5.92 Å². The van der Waals surface area contributed by atoms with Gasteiger partial charge in [-0.3, -0.25) is 4.79 Å². The maximum Gasteiger partial charge on any atom is 0.227 e. The van der Waals surface area contributed by atoms with Gasteiger partial charge < -0.3 is 25.2 Å². The number of rotatable bonds is 10. The van der Waals surface area contributed by atoms with E-state index in [1.165, 1.54) is 5.69 Å². The van der Waals surface area contributed by atoms with E-state index >= 15 is 0 Å². The van der Waals surface area contributed by atoms with Crippen LogP contribution in [0, 0.1) is 5.92 Å². The van der Waals surface area contributed by atoms with Crippen LogP contribution in [-0.4, -0.2) is 67.7 Å². The van der Waals surface area contributed by atoms with E-state index in [1.807, 2.05) is 44.3 Å². The van der Waals surface area contributed by atoms with Crippen molar-refractivity contribution in [3.05, 3.63) is 78.1 Å². The topological polar surface area (TPSA) is 82.6 Å². The van der Waals surface area contributed by atoms with Crippen LogP contribution in [0.3, 0.4) is 0 Å². The normalized spacial score (nSPS) is 15.7. The quantitative estimate of drug-likeness (QED) is 0.355. The summed E-state index contributed by atoms with van der Waals surface area (Å²) in [7, 11) is 3.78. The number of aromatic nitrogens is 2. The first kappa shape index (κ1) is 28.3. The Morgan fingerprint density at radius 3 is 2.51 bits per heavy atom. The molecule has 0 bridgehead atoms. The molecule has 4 rings (SSSR count). The molecule has 0 aliphatic carbocycles. The van der Waals surface area contributed by atoms with Gasteiger partial charge in [-0.15, -0.1) is 0 Å². The number of nitrogens with one attached hydrogen (secondary N) is 2. The summed E-state index contributed by atoms with van der Waals surface area (Å²) in [6.07, 6.45) is 7.80. The molecule has 8 nitrogen and oxygen atoms in total. The van der Waals surface area contributed by atoms with E-state index in [1.54, 1.807) is 7.11 Å². The molecule has 1 fully saturated rings. The first-order chi connectivity index (χ1) is 18.8. The number of likely N-dealkylation sites (N-methyl/N-ethyl adjacent to an activating group) is 1. The molecule has 2 aromatic carbocycles. The first-order valence-corrected chi connectivity index (χ1v) is 13.6. The number of fused-ring (bicyclic) bond motifs is 1. The van der Waals surface area contributed by atoms with E-state index < -0.39 is 0 Å². The molecular weight excluding hydrogens is 488 g/mol. The van der Waals surface area contributed by atoms with E-state index in [-0.39, 0.29) is 17.7 Å². The van der Waals surface area contributed by atoms with Gasteiger partial charge in [-0.2, -0.15) is 0 Å². The summed E-state index contributed by atoms with van der Waals surface area (Å²) in [6.45, 7) is 10.5. The molecule has 3 aromatic rings. The highest BCUT2D eigenvalue weighted by molar-refractivity contribution is 5.83. The Labute approximate surface area is 231 Å². The monoisotopic (exact) mass is 528 g/mol. The minimum atomic E-state index is -0.0961. The molecule has 0 radical (unpaired) electrons. The molecule has 206 valence electrons. The average Bonchev–Trinajstić information content (AvgIpc) is 2.93. The zero-order valence-electron chi connectivity index (χ0n) is 23.6. The molecule has 1 aliphatic rings. The van der Waals surface area contributed by atoms with Crippen LogP contribution in [0.4, 0.5) is 17.3 Å². The Morgan fingerprint density at radius 2 is 1.82 bits per heavy atom. The van der Waals surface area contributed by atoms with Gasteiger partial charge in [0.05, 0.1) is 12.1 Å². The number of benzene rings is 2. The fraction of sp³-hybridized carbons (Fsp3) is 0.387. The maximum atomic E-state index is 12.1. The molecule has 1 saturated heterocycles. The van der Waals surface area contributed by atoms with Gasteiger partial charge in [-0.05, 0) is 43.0 Å². The second kappa shape index (κ2) is 13.4. The lowest BCUT2D eigenvalue weighted by molar-refractivity contribution is -0.123. The number of nitrogens with zero attached hydrogens (tertiary/aromatic N) is 4. The van der Waals surface area contributed by atoms with Gasteiger partial charge in [0.2, 0.25) is 11.9 Å². The Balaban J connectivity index is 1.48. The molecule has 0 spiro atoms. The molecule has 2 N–H and O–H groups in total. The third-order valence-corrected chi connectivity index (χ3v) is 6.93. The van der Waals surface area contributed by atoms with Crippen molar-refractivity contribution in [2.45, 2.75) is 26.7 Å². The molecule has 2 heterocycles. The molecule has 1 unspecified atom stereocenters. The summed E-state index contributed by atoms with van der Waals surface area (Å²) in [5.74, 6) is 0.540. The average molecular weight is 529 g/mol. The highest BCUT2D eigenvalue weighted by atomic mass is 16.5. The third-order valence-electron chi connectivity index (χ3n) is 6.93. The lowest BCUT2D eigenvalue weighted by Gasteiger charge is -2.34. The van der Waals surface area contributed by atoms with Gasteiger partial charge in [-0.1, -0.05) is 51.1 Å². The Bertz CT molecular complexity index is 1310. The van der Waals surface area contributed by atoms with Crippen LogP contribution in [0.5, 0.6) is 0 Å². The minimum absolute atomic E-state index is 0.0282. The highest BCUT2D eigenvalue weighted by Gasteiger charge is 2.15. The highest BCUT2D eigenvalue weighted by Crippen LogP contribution is 2.27. The number of para-hydroxylation sites is 1. The molecular formula is C31H40N6O2. The number of anilines is 3. The van der Waals surface area contributed by atoms with Gasteiger partial charge in [0, 0.05) is 73.8 Å². The number of hydrogen-bond acceptors (Lipinski definition) is 7. The first-order valence-electron chi connectivity index (χ1n) is 13.6. The summed E-state index contributed by atoms with van der Waals surface area (Å²) >= 11 is 0. The van der Waals surface area contributed by atoms with Crippen molar-refractivity contribution in [2.75, 3.05) is 57.2 Å². The lowest BCUT2D eigenvalue weighted by Crippen LogP contribution is -2.44. The van der Waals surface area contributed by atoms with E-state index in [0.29, 0.717) is 12.6 Å². The van der Waals surface area contributed by atoms with E-state index in [2.05, 4.69) is 75.8 Å². The second-order valence-electron chi connectivity index (χ2n) is 10.4.